The SMILES string of the molecule is CC(C)c1ccc([C@@H]2C[C@H](CC(=O)O)CCN2CCCC(F)(F)F)cc1.CCC(C)C. The number of piperidine rings is 1. The molecule has 0 saturated carbocycles. The summed E-state index contributed by atoms with van der Waals surface area (Å²) in [7, 11) is 0. The van der Waals surface area contributed by atoms with Crippen molar-refractivity contribution in [1.29, 1.82) is 0 Å². The first-order chi connectivity index (χ1) is 14.4. The van der Waals surface area contributed by atoms with Gasteiger partial charge in [0.1, 0.15) is 0 Å². The summed E-state index contributed by atoms with van der Waals surface area (Å²) >= 11 is 0. The molecule has 0 amide bonds. The molecular weight excluding hydrogens is 403 g/mol. The van der Waals surface area contributed by atoms with Crippen LogP contribution < -0.4 is 0 Å². The Kier molecular flexibility index (Phi) is 11.6. The van der Waals surface area contributed by atoms with Gasteiger partial charge in [-0.1, -0.05) is 65.3 Å². The molecule has 3 nitrogen and oxygen atoms in total. The van der Waals surface area contributed by atoms with Crippen molar-refractivity contribution in [1.82, 2.24) is 4.90 Å². The number of nitrogens with zero attached hydrogens (tertiary/aromatic N) is 1. The van der Waals surface area contributed by atoms with Crippen molar-refractivity contribution in [3.63, 3.8) is 0 Å². The number of rotatable bonds is 8. The van der Waals surface area contributed by atoms with Crippen LogP contribution in [0, 0.1) is 11.8 Å². The lowest BCUT2D eigenvalue weighted by atomic mass is 9.84. The number of hydrogen-bond acceptors (Lipinski definition) is 2. The van der Waals surface area contributed by atoms with Crippen LogP contribution in [0.25, 0.3) is 0 Å². The molecule has 1 aliphatic heterocycles. The third-order valence-corrected chi connectivity index (χ3v) is 6.00. The second-order valence-electron chi connectivity index (χ2n) is 9.38. The highest BCUT2D eigenvalue weighted by Crippen LogP contribution is 2.36. The fourth-order valence-electron chi connectivity index (χ4n) is 3.72. The molecule has 0 aromatic heterocycles. The van der Waals surface area contributed by atoms with E-state index in [4.69, 9.17) is 5.11 Å². The zero-order valence-electron chi connectivity index (χ0n) is 19.7. The molecule has 1 aromatic carbocycles. The molecule has 1 aromatic rings. The number of hydrogen-bond donors (Lipinski definition) is 1. The summed E-state index contributed by atoms with van der Waals surface area (Å²) in [6, 6.07) is 8.20. The first-order valence-corrected chi connectivity index (χ1v) is 11.5. The third kappa shape index (κ3) is 11.0. The molecule has 1 saturated heterocycles. The minimum Gasteiger partial charge on any atom is -0.481 e. The highest BCUT2D eigenvalue weighted by Gasteiger charge is 2.32. The fourth-order valence-corrected chi connectivity index (χ4v) is 3.72. The number of aliphatic carboxylic acids is 1. The summed E-state index contributed by atoms with van der Waals surface area (Å²) in [5.41, 5.74) is 2.28. The molecule has 6 heteroatoms. The van der Waals surface area contributed by atoms with Crippen molar-refractivity contribution in [3.05, 3.63) is 35.4 Å². The Balaban J connectivity index is 0.000000861. The average molecular weight is 444 g/mol. The predicted octanol–water partition coefficient (Wildman–Crippen LogP) is 7.43. The Hall–Kier alpha value is -1.56. The first-order valence-electron chi connectivity index (χ1n) is 11.5. The van der Waals surface area contributed by atoms with E-state index in [9.17, 15) is 18.0 Å². The Morgan fingerprint density at radius 1 is 1.16 bits per heavy atom. The molecule has 0 unspecified atom stereocenters. The van der Waals surface area contributed by atoms with Crippen LogP contribution in [0.3, 0.4) is 0 Å². The van der Waals surface area contributed by atoms with Crippen molar-refractivity contribution < 1.29 is 23.1 Å². The molecule has 2 rings (SSSR count). The molecule has 0 spiro atoms. The van der Waals surface area contributed by atoms with Gasteiger partial charge >= 0.3 is 12.1 Å². The highest BCUT2D eigenvalue weighted by molar-refractivity contribution is 5.67. The van der Waals surface area contributed by atoms with E-state index < -0.39 is 18.6 Å². The Labute approximate surface area is 186 Å². The highest BCUT2D eigenvalue weighted by atomic mass is 19.4. The maximum atomic E-state index is 12.5. The quantitative estimate of drug-likeness (QED) is 0.454. The average Bonchev–Trinajstić information content (AvgIpc) is 2.68. The van der Waals surface area contributed by atoms with Gasteiger partial charge in [0.2, 0.25) is 0 Å². The standard InChI is InChI=1S/C20H28F3NO2.C5H12/c1-14(2)16-4-6-17(7-5-16)18-12-15(13-19(25)26)8-11-24(18)10-3-9-20(21,22)23;1-4-5(2)3/h4-7,14-15,18H,3,8-13H2,1-2H3,(H,25,26);5H,4H2,1-3H3/t15-,18+;/m1./s1. The molecular formula is C25H40F3NO2. The second-order valence-corrected chi connectivity index (χ2v) is 9.38. The number of carboxylic acids is 1. The maximum Gasteiger partial charge on any atom is 0.389 e. The van der Waals surface area contributed by atoms with E-state index in [1.807, 2.05) is 12.1 Å². The van der Waals surface area contributed by atoms with E-state index in [1.54, 1.807) is 0 Å². The molecule has 0 aliphatic carbocycles. The number of benzene rings is 1. The Morgan fingerprint density at radius 2 is 1.74 bits per heavy atom. The van der Waals surface area contributed by atoms with E-state index in [-0.39, 0.29) is 24.8 Å². The summed E-state index contributed by atoms with van der Waals surface area (Å²) < 4.78 is 37.4. The number of halogens is 3. The van der Waals surface area contributed by atoms with Crippen LogP contribution in [0.5, 0.6) is 0 Å². The van der Waals surface area contributed by atoms with Crippen molar-refractivity contribution in [2.45, 2.75) is 91.3 Å². The van der Waals surface area contributed by atoms with Gasteiger partial charge in [-0.3, -0.25) is 9.69 Å². The minimum atomic E-state index is -4.13. The number of carbonyl (C=O) groups is 1. The molecule has 1 N–H and O–H groups in total. The van der Waals surface area contributed by atoms with Crippen LogP contribution in [0.1, 0.15) is 96.2 Å². The molecule has 31 heavy (non-hydrogen) atoms. The predicted molar refractivity (Wildman–Crippen MR) is 120 cm³/mol. The number of alkyl halides is 3. The van der Waals surface area contributed by atoms with Crippen molar-refractivity contribution in [2.75, 3.05) is 13.1 Å². The van der Waals surface area contributed by atoms with Crippen molar-refractivity contribution in [3.8, 4) is 0 Å². The summed E-state index contributed by atoms with van der Waals surface area (Å²) in [5, 5.41) is 9.08. The van der Waals surface area contributed by atoms with Crippen LogP contribution in [0.15, 0.2) is 24.3 Å². The van der Waals surface area contributed by atoms with E-state index in [0.717, 1.165) is 17.9 Å². The second kappa shape index (κ2) is 13.1. The number of carboxylic acid groups (broad SMARTS) is 1. The van der Waals surface area contributed by atoms with Crippen molar-refractivity contribution in [2.24, 2.45) is 11.8 Å². The summed E-state index contributed by atoms with van der Waals surface area (Å²) in [6.07, 6.45) is -2.00. The van der Waals surface area contributed by atoms with Crippen molar-refractivity contribution >= 4 is 5.97 Å². The van der Waals surface area contributed by atoms with Crippen LogP contribution in [-0.4, -0.2) is 35.2 Å². The van der Waals surface area contributed by atoms with Crippen LogP contribution in [0.4, 0.5) is 13.2 Å². The molecule has 1 aliphatic rings. The summed E-state index contributed by atoms with van der Waals surface area (Å²) in [4.78, 5) is 13.1. The smallest absolute Gasteiger partial charge is 0.389 e. The van der Waals surface area contributed by atoms with Gasteiger partial charge in [-0.2, -0.15) is 13.2 Å². The summed E-state index contributed by atoms with van der Waals surface area (Å²) in [6.45, 7) is 11.9. The molecule has 2 atom stereocenters. The van der Waals surface area contributed by atoms with Gasteiger partial charge < -0.3 is 5.11 Å². The van der Waals surface area contributed by atoms with Gasteiger partial charge in [-0.05, 0) is 61.2 Å². The zero-order valence-corrected chi connectivity index (χ0v) is 19.7. The molecule has 1 fully saturated rings. The van der Waals surface area contributed by atoms with Gasteiger partial charge in [0.05, 0.1) is 0 Å². The lowest BCUT2D eigenvalue weighted by Crippen LogP contribution is -2.38. The number of likely N-dealkylation sites (tertiary alicyclic amines) is 1. The fraction of sp³-hybridized carbons (Fsp3) is 0.720. The van der Waals surface area contributed by atoms with Crippen LogP contribution in [0.2, 0.25) is 0 Å². The van der Waals surface area contributed by atoms with Gasteiger partial charge in [0, 0.05) is 18.9 Å². The first kappa shape index (κ1) is 27.5. The van der Waals surface area contributed by atoms with Gasteiger partial charge in [-0.25, -0.2) is 0 Å². The van der Waals surface area contributed by atoms with E-state index >= 15 is 0 Å². The monoisotopic (exact) mass is 443 g/mol. The van der Waals surface area contributed by atoms with E-state index in [2.05, 4.69) is 51.7 Å². The topological polar surface area (TPSA) is 40.5 Å². The molecule has 178 valence electrons. The van der Waals surface area contributed by atoms with Gasteiger partial charge in [0.15, 0.2) is 0 Å². The lowest BCUT2D eigenvalue weighted by molar-refractivity contribution is -0.140. The van der Waals surface area contributed by atoms with Crippen LogP contribution >= 0.6 is 0 Å². The Bertz CT molecular complexity index is 641. The minimum absolute atomic E-state index is 0.0115. The third-order valence-electron chi connectivity index (χ3n) is 6.00. The lowest BCUT2D eigenvalue weighted by Gasteiger charge is -2.39. The zero-order chi connectivity index (χ0) is 23.6. The van der Waals surface area contributed by atoms with Gasteiger partial charge in [-0.15, -0.1) is 0 Å². The van der Waals surface area contributed by atoms with Crippen LogP contribution in [-0.2, 0) is 4.79 Å². The van der Waals surface area contributed by atoms with E-state index in [0.29, 0.717) is 25.4 Å². The van der Waals surface area contributed by atoms with Gasteiger partial charge in [0.25, 0.3) is 0 Å². The molecule has 0 radical (unpaired) electrons. The normalized spacial score (nSPS) is 19.9. The molecule has 0 bridgehead atoms. The van der Waals surface area contributed by atoms with E-state index in [1.165, 1.54) is 12.0 Å². The maximum absolute atomic E-state index is 12.5. The summed E-state index contributed by atoms with van der Waals surface area (Å²) in [5.74, 6) is 0.559. The molecule has 1 heterocycles. The Morgan fingerprint density at radius 3 is 2.19 bits per heavy atom. The largest absolute Gasteiger partial charge is 0.481 e.